The van der Waals surface area contributed by atoms with E-state index in [9.17, 15) is 0 Å². The molecule has 0 saturated carbocycles. The Morgan fingerprint density at radius 1 is 0.325 bits per heavy atom. The fraction of sp³-hybridized carbons (Fsp3) is 0. The Bertz CT molecular complexity index is 2110. The first-order chi connectivity index (χ1) is 19.8. The number of pyridine rings is 2. The number of hydrogen-bond donors (Lipinski definition) is 0. The van der Waals surface area contributed by atoms with Crippen molar-refractivity contribution in [2.24, 2.45) is 0 Å². The molecule has 0 bridgehead atoms. The van der Waals surface area contributed by atoms with Gasteiger partial charge in [0.25, 0.3) is 0 Å². The van der Waals surface area contributed by atoms with Crippen LogP contribution in [0.15, 0.2) is 146 Å². The van der Waals surface area contributed by atoms with Gasteiger partial charge in [0.1, 0.15) is 0 Å². The molecule has 2 aromatic heterocycles. The van der Waals surface area contributed by atoms with Gasteiger partial charge in [0.2, 0.25) is 0 Å². The highest BCUT2D eigenvalue weighted by Crippen LogP contribution is 2.42. The summed E-state index contributed by atoms with van der Waals surface area (Å²) in [5.41, 5.74) is 9.56. The van der Waals surface area contributed by atoms with E-state index in [0.717, 1.165) is 11.1 Å². The molecule has 0 saturated heterocycles. The predicted octanol–water partition coefficient (Wildman–Crippen LogP) is 10.0. The highest BCUT2D eigenvalue weighted by Gasteiger charge is 2.15. The summed E-state index contributed by atoms with van der Waals surface area (Å²) in [4.78, 5) is 8.61. The van der Waals surface area contributed by atoms with Crippen LogP contribution in [0.25, 0.3) is 76.8 Å². The lowest BCUT2D eigenvalue weighted by molar-refractivity contribution is 1.33. The van der Waals surface area contributed by atoms with E-state index in [0.29, 0.717) is 0 Å². The first-order valence-electron chi connectivity index (χ1n) is 13.6. The maximum atomic E-state index is 4.37. The Balaban J connectivity index is 1.22. The molecular formula is C38H24N2. The van der Waals surface area contributed by atoms with Gasteiger partial charge in [0, 0.05) is 30.4 Å². The average molecular weight is 509 g/mol. The van der Waals surface area contributed by atoms with Crippen LogP contribution < -0.4 is 0 Å². The monoisotopic (exact) mass is 508 g/mol. The number of aromatic nitrogens is 2. The molecule has 2 heteroatoms. The molecule has 0 aliphatic carbocycles. The van der Waals surface area contributed by atoms with Gasteiger partial charge in [-0.2, -0.15) is 0 Å². The van der Waals surface area contributed by atoms with Gasteiger partial charge in [-0.3, -0.25) is 9.97 Å². The molecule has 0 amide bonds. The van der Waals surface area contributed by atoms with Crippen LogP contribution in [-0.4, -0.2) is 9.97 Å². The van der Waals surface area contributed by atoms with Gasteiger partial charge in [-0.05, 0) is 83.4 Å². The van der Waals surface area contributed by atoms with Crippen LogP contribution in [0.2, 0.25) is 0 Å². The minimum absolute atomic E-state index is 1.13. The smallest absolute Gasteiger partial charge is 0.0346 e. The first-order valence-corrected chi connectivity index (χ1v) is 13.6. The maximum absolute atomic E-state index is 4.37. The molecule has 2 nitrogen and oxygen atoms in total. The molecule has 0 spiro atoms. The molecule has 0 aliphatic heterocycles. The van der Waals surface area contributed by atoms with Crippen molar-refractivity contribution in [3.05, 3.63) is 146 Å². The highest BCUT2D eigenvalue weighted by molar-refractivity contribution is 6.27. The van der Waals surface area contributed by atoms with Gasteiger partial charge in [0.05, 0.1) is 0 Å². The van der Waals surface area contributed by atoms with E-state index in [1.807, 2.05) is 30.7 Å². The number of hydrogen-bond acceptors (Lipinski definition) is 2. The Hall–Kier alpha value is -5.34. The predicted molar refractivity (Wildman–Crippen MR) is 167 cm³/mol. The lowest BCUT2D eigenvalue weighted by atomic mass is 9.87. The standard InChI is InChI=1S/C38H24N2/c1-3-31(23-39-21-1)27-7-5-25(6-8-27)26-9-11-28(12-10-26)33-17-13-29-16-20-36-34(32-4-2-22-40-24-32)18-14-30-15-19-35(33)37(29)38(30)36/h1-24H. The van der Waals surface area contributed by atoms with Crippen LogP contribution in [0.1, 0.15) is 0 Å². The van der Waals surface area contributed by atoms with E-state index in [-0.39, 0.29) is 0 Å². The second kappa shape index (κ2) is 9.14. The topological polar surface area (TPSA) is 25.8 Å². The normalized spacial score (nSPS) is 11.5. The van der Waals surface area contributed by atoms with Crippen LogP contribution in [-0.2, 0) is 0 Å². The third kappa shape index (κ3) is 3.65. The van der Waals surface area contributed by atoms with Crippen molar-refractivity contribution >= 4 is 32.3 Å². The zero-order valence-electron chi connectivity index (χ0n) is 21.8. The summed E-state index contributed by atoms with van der Waals surface area (Å²) >= 11 is 0. The summed E-state index contributed by atoms with van der Waals surface area (Å²) in [6.07, 6.45) is 7.49. The molecule has 8 aromatic rings. The third-order valence-electron chi connectivity index (χ3n) is 8.05. The van der Waals surface area contributed by atoms with Gasteiger partial charge >= 0.3 is 0 Å². The minimum atomic E-state index is 1.13. The summed E-state index contributed by atoms with van der Waals surface area (Å²) in [6, 6.07) is 43.9. The first kappa shape index (κ1) is 22.6. The van der Waals surface area contributed by atoms with Crippen molar-refractivity contribution in [1.29, 1.82) is 0 Å². The average Bonchev–Trinajstić information content (AvgIpc) is 3.04. The number of nitrogens with zero attached hydrogens (tertiary/aromatic N) is 2. The molecule has 0 radical (unpaired) electrons. The molecule has 0 unspecified atom stereocenters. The maximum Gasteiger partial charge on any atom is 0.0346 e. The van der Waals surface area contributed by atoms with Crippen molar-refractivity contribution in [3.8, 4) is 44.5 Å². The third-order valence-corrected chi connectivity index (χ3v) is 8.05. The van der Waals surface area contributed by atoms with Gasteiger partial charge in [-0.15, -0.1) is 0 Å². The lowest BCUT2D eigenvalue weighted by Gasteiger charge is -2.16. The largest absolute Gasteiger partial charge is 0.264 e. The summed E-state index contributed by atoms with van der Waals surface area (Å²) in [5.74, 6) is 0. The van der Waals surface area contributed by atoms with Gasteiger partial charge in [0.15, 0.2) is 0 Å². The van der Waals surface area contributed by atoms with Crippen molar-refractivity contribution < 1.29 is 0 Å². The van der Waals surface area contributed by atoms with Gasteiger partial charge < -0.3 is 0 Å². The van der Waals surface area contributed by atoms with Gasteiger partial charge in [-0.1, -0.05) is 109 Å². The van der Waals surface area contributed by atoms with Crippen LogP contribution >= 0.6 is 0 Å². The van der Waals surface area contributed by atoms with E-state index >= 15 is 0 Å². The van der Waals surface area contributed by atoms with E-state index < -0.39 is 0 Å². The van der Waals surface area contributed by atoms with Crippen LogP contribution in [0.3, 0.4) is 0 Å². The highest BCUT2D eigenvalue weighted by atomic mass is 14.6. The van der Waals surface area contributed by atoms with Crippen LogP contribution in [0, 0.1) is 0 Å². The van der Waals surface area contributed by atoms with E-state index in [4.69, 9.17) is 0 Å². The number of benzene rings is 6. The molecule has 8 rings (SSSR count). The number of rotatable bonds is 4. The second-order valence-electron chi connectivity index (χ2n) is 10.3. The summed E-state index contributed by atoms with van der Waals surface area (Å²) in [7, 11) is 0. The van der Waals surface area contributed by atoms with E-state index in [2.05, 4.69) is 119 Å². The molecule has 6 aromatic carbocycles. The molecular weight excluding hydrogens is 484 g/mol. The summed E-state index contributed by atoms with van der Waals surface area (Å²) in [5, 5.41) is 7.74. The zero-order valence-corrected chi connectivity index (χ0v) is 21.8. The quantitative estimate of drug-likeness (QED) is 0.221. The van der Waals surface area contributed by atoms with E-state index in [1.54, 1.807) is 6.20 Å². The minimum Gasteiger partial charge on any atom is -0.264 e. The molecule has 0 fully saturated rings. The Kier molecular flexibility index (Phi) is 5.17. The molecule has 0 N–H and O–H groups in total. The molecule has 0 atom stereocenters. The molecule has 40 heavy (non-hydrogen) atoms. The Labute approximate surface area is 232 Å². The fourth-order valence-corrected chi connectivity index (χ4v) is 6.06. The van der Waals surface area contributed by atoms with Crippen LogP contribution in [0.4, 0.5) is 0 Å². The van der Waals surface area contributed by atoms with Crippen molar-refractivity contribution in [1.82, 2.24) is 9.97 Å². The summed E-state index contributed by atoms with van der Waals surface area (Å²) < 4.78 is 0. The van der Waals surface area contributed by atoms with Crippen molar-refractivity contribution in [3.63, 3.8) is 0 Å². The molecule has 0 aliphatic rings. The Morgan fingerprint density at radius 2 is 0.750 bits per heavy atom. The second-order valence-corrected chi connectivity index (χ2v) is 10.3. The van der Waals surface area contributed by atoms with E-state index in [1.165, 1.54) is 65.7 Å². The van der Waals surface area contributed by atoms with Crippen LogP contribution in [0.5, 0.6) is 0 Å². The van der Waals surface area contributed by atoms with Crippen molar-refractivity contribution in [2.75, 3.05) is 0 Å². The lowest BCUT2D eigenvalue weighted by Crippen LogP contribution is -1.89. The summed E-state index contributed by atoms with van der Waals surface area (Å²) in [6.45, 7) is 0. The van der Waals surface area contributed by atoms with Gasteiger partial charge in [-0.25, -0.2) is 0 Å². The molecule has 186 valence electrons. The fourth-order valence-electron chi connectivity index (χ4n) is 6.06. The molecule has 2 heterocycles. The Morgan fingerprint density at radius 3 is 1.25 bits per heavy atom. The SMILES string of the molecule is c1cncc(-c2ccc(-c3ccc(-c4ccc5ccc6c(-c7cccnc7)ccc7ccc4c5c76)cc3)cc2)c1. The van der Waals surface area contributed by atoms with Crippen molar-refractivity contribution in [2.45, 2.75) is 0 Å². The zero-order chi connectivity index (χ0) is 26.5.